The van der Waals surface area contributed by atoms with Gasteiger partial charge >= 0.3 is 6.03 Å². The zero-order chi connectivity index (χ0) is 15.9. The first-order valence-corrected chi connectivity index (χ1v) is 8.04. The van der Waals surface area contributed by atoms with E-state index in [1.807, 2.05) is 32.0 Å². The third-order valence-electron chi connectivity index (χ3n) is 4.07. The summed E-state index contributed by atoms with van der Waals surface area (Å²) in [4.78, 5) is 12.0. The van der Waals surface area contributed by atoms with Gasteiger partial charge < -0.3 is 20.5 Å². The summed E-state index contributed by atoms with van der Waals surface area (Å²) in [5.74, 6) is 0.841. The summed E-state index contributed by atoms with van der Waals surface area (Å²) in [5, 5.41) is 14.5. The lowest BCUT2D eigenvalue weighted by Gasteiger charge is -2.18. The number of hydrogen-bond donors (Lipinski definition) is 3. The van der Waals surface area contributed by atoms with Gasteiger partial charge in [0, 0.05) is 23.9 Å². The maximum absolute atomic E-state index is 12.0. The molecule has 0 heterocycles. The highest BCUT2D eigenvalue weighted by atomic mass is 16.5. The molecule has 1 aromatic carbocycles. The number of aliphatic hydroxyl groups excluding tert-OH is 1. The summed E-state index contributed by atoms with van der Waals surface area (Å²) in [5.41, 5.74) is 1.70. The van der Waals surface area contributed by atoms with Crippen LogP contribution in [0.4, 0.5) is 10.5 Å². The lowest BCUT2D eigenvalue weighted by molar-refractivity contribution is 0.209. The molecule has 1 atom stereocenters. The van der Waals surface area contributed by atoms with E-state index < -0.39 is 0 Å². The second-order valence-electron chi connectivity index (χ2n) is 5.96. The minimum atomic E-state index is -0.262. The highest BCUT2D eigenvalue weighted by molar-refractivity contribution is 5.90. The summed E-state index contributed by atoms with van der Waals surface area (Å²) in [6.07, 6.45) is 5.51. The number of ether oxygens (including phenoxy) is 1. The number of anilines is 1. The first-order valence-electron chi connectivity index (χ1n) is 8.04. The predicted octanol–water partition coefficient (Wildman–Crippen LogP) is 3.21. The highest BCUT2D eigenvalue weighted by Gasteiger charge is 2.18. The van der Waals surface area contributed by atoms with E-state index in [0.29, 0.717) is 12.5 Å². The molecule has 0 bridgehead atoms. The first kappa shape index (κ1) is 16.6. The largest absolute Gasteiger partial charge is 0.490 e. The van der Waals surface area contributed by atoms with Crippen molar-refractivity contribution >= 4 is 11.7 Å². The van der Waals surface area contributed by atoms with Crippen LogP contribution in [0, 0.1) is 6.92 Å². The molecule has 5 heteroatoms. The van der Waals surface area contributed by atoms with Gasteiger partial charge in [0.2, 0.25) is 0 Å². The van der Waals surface area contributed by atoms with Gasteiger partial charge in [-0.1, -0.05) is 6.07 Å². The fourth-order valence-corrected chi connectivity index (χ4v) is 2.71. The molecule has 1 saturated carbocycles. The van der Waals surface area contributed by atoms with Crippen LogP contribution in [-0.4, -0.2) is 29.9 Å². The highest BCUT2D eigenvalue weighted by Crippen LogP contribution is 2.30. The maximum Gasteiger partial charge on any atom is 0.319 e. The van der Waals surface area contributed by atoms with Crippen molar-refractivity contribution in [2.45, 2.75) is 58.1 Å². The number of amides is 2. The normalized spacial score (nSPS) is 16.3. The van der Waals surface area contributed by atoms with E-state index in [2.05, 4.69) is 10.6 Å². The number of nitrogens with one attached hydrogen (secondary N) is 2. The van der Waals surface area contributed by atoms with Crippen LogP contribution in [0.3, 0.4) is 0 Å². The van der Waals surface area contributed by atoms with Crippen molar-refractivity contribution in [3.63, 3.8) is 0 Å². The lowest BCUT2D eigenvalue weighted by atomic mass is 10.1. The predicted molar refractivity (Wildman–Crippen MR) is 87.4 cm³/mol. The summed E-state index contributed by atoms with van der Waals surface area (Å²) < 4.78 is 6.04. The van der Waals surface area contributed by atoms with Crippen molar-refractivity contribution in [3.05, 3.63) is 23.8 Å². The van der Waals surface area contributed by atoms with Gasteiger partial charge in [-0.15, -0.1) is 0 Å². The molecule has 0 saturated heterocycles. The maximum atomic E-state index is 12.0. The Kier molecular flexibility index (Phi) is 6.07. The molecule has 0 aromatic heterocycles. The molecule has 0 spiro atoms. The molecule has 1 fully saturated rings. The smallest absolute Gasteiger partial charge is 0.319 e. The zero-order valence-corrected chi connectivity index (χ0v) is 13.4. The quantitative estimate of drug-likeness (QED) is 0.756. The van der Waals surface area contributed by atoms with Gasteiger partial charge in [0.25, 0.3) is 0 Å². The van der Waals surface area contributed by atoms with Crippen LogP contribution in [0.2, 0.25) is 0 Å². The zero-order valence-electron chi connectivity index (χ0n) is 13.4. The van der Waals surface area contributed by atoms with E-state index in [-0.39, 0.29) is 18.7 Å². The molecule has 0 radical (unpaired) electrons. The summed E-state index contributed by atoms with van der Waals surface area (Å²) in [7, 11) is 0. The number of carbonyl (C=O) groups is 1. The number of rotatable bonds is 6. The topological polar surface area (TPSA) is 70.6 Å². The third kappa shape index (κ3) is 4.63. The van der Waals surface area contributed by atoms with E-state index in [1.54, 1.807) is 0 Å². The Bertz CT molecular complexity index is 499. The summed E-state index contributed by atoms with van der Waals surface area (Å²) in [6.45, 7) is 3.88. The molecule has 5 nitrogen and oxygen atoms in total. The van der Waals surface area contributed by atoms with Gasteiger partial charge in [0.15, 0.2) is 0 Å². The van der Waals surface area contributed by atoms with Crippen molar-refractivity contribution in [3.8, 4) is 5.75 Å². The van der Waals surface area contributed by atoms with Gasteiger partial charge in [0.05, 0.1) is 6.10 Å². The van der Waals surface area contributed by atoms with E-state index in [1.165, 1.54) is 12.8 Å². The molecule has 2 rings (SSSR count). The van der Waals surface area contributed by atoms with Crippen LogP contribution >= 0.6 is 0 Å². The number of carbonyl (C=O) groups excluding carboxylic acids is 1. The van der Waals surface area contributed by atoms with Crippen molar-refractivity contribution in [1.29, 1.82) is 0 Å². The Labute approximate surface area is 132 Å². The number of aliphatic hydroxyl groups is 1. The molecule has 0 unspecified atom stereocenters. The lowest BCUT2D eigenvalue weighted by Crippen LogP contribution is -2.36. The van der Waals surface area contributed by atoms with E-state index in [4.69, 9.17) is 9.84 Å². The number of urea groups is 1. The van der Waals surface area contributed by atoms with E-state index in [0.717, 1.165) is 29.8 Å². The van der Waals surface area contributed by atoms with Crippen molar-refractivity contribution < 1.29 is 14.6 Å². The monoisotopic (exact) mass is 306 g/mol. The third-order valence-corrected chi connectivity index (χ3v) is 4.07. The number of benzene rings is 1. The van der Waals surface area contributed by atoms with E-state index in [9.17, 15) is 4.79 Å². The Morgan fingerprint density at radius 2 is 2.14 bits per heavy atom. The molecular formula is C17H26N2O3. The van der Waals surface area contributed by atoms with Crippen LogP contribution in [0.5, 0.6) is 5.75 Å². The molecule has 1 aromatic rings. The first-order chi connectivity index (χ1) is 10.6. The average Bonchev–Trinajstić information content (AvgIpc) is 2.96. The summed E-state index contributed by atoms with van der Waals surface area (Å²) >= 11 is 0. The molecule has 122 valence electrons. The van der Waals surface area contributed by atoms with Gasteiger partial charge in [-0.25, -0.2) is 4.79 Å². The van der Waals surface area contributed by atoms with Gasteiger partial charge in [-0.3, -0.25) is 0 Å². The van der Waals surface area contributed by atoms with Gasteiger partial charge in [-0.05, 0) is 58.1 Å². The van der Waals surface area contributed by atoms with Crippen LogP contribution in [-0.2, 0) is 0 Å². The standard InChI is InChI=1S/C17H26N2O3/c1-12(10-11-20)18-17(21)19-15-8-5-9-16(13(15)2)22-14-6-3-4-7-14/h5,8-9,12,14,20H,3-4,6-7,10-11H2,1-2H3,(H2,18,19,21)/t12-/m1/s1. The van der Waals surface area contributed by atoms with Gasteiger partial charge in [-0.2, -0.15) is 0 Å². The van der Waals surface area contributed by atoms with Crippen molar-refractivity contribution in [2.24, 2.45) is 0 Å². The second-order valence-corrected chi connectivity index (χ2v) is 5.96. The SMILES string of the molecule is Cc1c(NC(=O)N[C@H](C)CCO)cccc1OC1CCCC1. The minimum Gasteiger partial charge on any atom is -0.490 e. The Morgan fingerprint density at radius 3 is 2.82 bits per heavy atom. The number of hydrogen-bond acceptors (Lipinski definition) is 3. The van der Waals surface area contributed by atoms with Crippen LogP contribution in [0.25, 0.3) is 0 Å². The fourth-order valence-electron chi connectivity index (χ4n) is 2.71. The van der Waals surface area contributed by atoms with Crippen LogP contribution < -0.4 is 15.4 Å². The molecule has 1 aliphatic carbocycles. The van der Waals surface area contributed by atoms with E-state index >= 15 is 0 Å². The van der Waals surface area contributed by atoms with Gasteiger partial charge in [0.1, 0.15) is 5.75 Å². The molecule has 1 aliphatic rings. The fraction of sp³-hybridized carbons (Fsp3) is 0.588. The second kappa shape index (κ2) is 8.03. The Balaban J connectivity index is 1.97. The molecule has 3 N–H and O–H groups in total. The Hall–Kier alpha value is -1.75. The van der Waals surface area contributed by atoms with Crippen molar-refractivity contribution in [1.82, 2.24) is 5.32 Å². The van der Waals surface area contributed by atoms with Crippen LogP contribution in [0.1, 0.15) is 44.6 Å². The van der Waals surface area contributed by atoms with Crippen molar-refractivity contribution in [2.75, 3.05) is 11.9 Å². The van der Waals surface area contributed by atoms with Crippen LogP contribution in [0.15, 0.2) is 18.2 Å². The average molecular weight is 306 g/mol. The molecule has 22 heavy (non-hydrogen) atoms. The molecule has 2 amide bonds. The summed E-state index contributed by atoms with van der Waals surface area (Å²) in [6, 6.07) is 5.38. The Morgan fingerprint density at radius 1 is 1.41 bits per heavy atom. The molecular weight excluding hydrogens is 280 g/mol. The molecule has 0 aliphatic heterocycles. The minimum absolute atomic E-state index is 0.0607.